The molecule has 0 fully saturated rings. The maximum Gasteiger partial charge on any atom is 0.0580 e. The molecule has 0 amide bonds. The summed E-state index contributed by atoms with van der Waals surface area (Å²) in [5.74, 6) is 0. The van der Waals surface area contributed by atoms with Crippen LogP contribution in [0, 0.1) is 0 Å². The molecule has 0 heterocycles. The summed E-state index contributed by atoms with van der Waals surface area (Å²) in [5, 5.41) is 4.49. The summed E-state index contributed by atoms with van der Waals surface area (Å²) >= 11 is 0. The van der Waals surface area contributed by atoms with Crippen LogP contribution in [0.1, 0.15) is 20.8 Å². The topological polar surface area (TPSA) is 14.1 Å². The average molecular weight is 148 g/mol. The summed E-state index contributed by atoms with van der Waals surface area (Å²) in [4.78, 5) is 0. The van der Waals surface area contributed by atoms with Gasteiger partial charge in [-0.3, -0.25) is 5.32 Å². The van der Waals surface area contributed by atoms with Gasteiger partial charge in [0.05, 0.1) is 11.2 Å². The smallest absolute Gasteiger partial charge is 0.0580 e. The SMILES string of the molecule is CC(C)(C)[N]c1ccccc1. The van der Waals surface area contributed by atoms with Crippen LogP contribution in [-0.4, -0.2) is 5.54 Å². The van der Waals surface area contributed by atoms with Crippen LogP contribution < -0.4 is 5.32 Å². The Labute approximate surface area is 68.4 Å². The number of benzene rings is 1. The van der Waals surface area contributed by atoms with E-state index in [9.17, 15) is 0 Å². The highest BCUT2D eigenvalue weighted by Gasteiger charge is 2.10. The Morgan fingerprint density at radius 3 is 2.00 bits per heavy atom. The van der Waals surface area contributed by atoms with E-state index in [0.29, 0.717) is 0 Å². The molecule has 1 heteroatoms. The second-order valence-electron chi connectivity index (χ2n) is 3.62. The number of hydrogen-bond donors (Lipinski definition) is 0. The van der Waals surface area contributed by atoms with Crippen molar-refractivity contribution < 1.29 is 0 Å². The van der Waals surface area contributed by atoms with Crippen LogP contribution in [0.15, 0.2) is 30.3 Å². The zero-order valence-electron chi connectivity index (χ0n) is 7.33. The minimum Gasteiger partial charge on any atom is -0.280 e. The molecular formula is C10H14N. The summed E-state index contributed by atoms with van der Waals surface area (Å²) in [5.41, 5.74) is 1.08. The Hall–Kier alpha value is -0.980. The van der Waals surface area contributed by atoms with E-state index in [1.54, 1.807) is 0 Å². The largest absolute Gasteiger partial charge is 0.280 e. The molecule has 0 atom stereocenters. The van der Waals surface area contributed by atoms with Gasteiger partial charge in [0.2, 0.25) is 0 Å². The molecule has 1 aromatic carbocycles. The number of rotatable bonds is 1. The minimum absolute atomic E-state index is 0.0291. The molecule has 0 aliphatic heterocycles. The van der Waals surface area contributed by atoms with Crippen molar-refractivity contribution in [3.63, 3.8) is 0 Å². The first-order valence-electron chi connectivity index (χ1n) is 3.86. The number of hydrogen-bond acceptors (Lipinski definition) is 0. The first kappa shape index (κ1) is 8.12. The Morgan fingerprint density at radius 2 is 1.55 bits per heavy atom. The van der Waals surface area contributed by atoms with Gasteiger partial charge in [-0.05, 0) is 32.9 Å². The highest BCUT2D eigenvalue weighted by Crippen LogP contribution is 2.13. The monoisotopic (exact) mass is 148 g/mol. The lowest BCUT2D eigenvalue weighted by Gasteiger charge is -2.18. The molecule has 0 saturated heterocycles. The number of para-hydroxylation sites is 1. The lowest BCUT2D eigenvalue weighted by molar-refractivity contribution is 0.488. The van der Waals surface area contributed by atoms with Gasteiger partial charge in [-0.1, -0.05) is 18.2 Å². The molecule has 0 unspecified atom stereocenters. The molecule has 0 saturated carbocycles. The van der Waals surface area contributed by atoms with Crippen molar-refractivity contribution in [1.82, 2.24) is 5.32 Å². The predicted octanol–water partition coefficient (Wildman–Crippen LogP) is 2.72. The quantitative estimate of drug-likeness (QED) is 0.581. The van der Waals surface area contributed by atoms with E-state index >= 15 is 0 Å². The van der Waals surface area contributed by atoms with E-state index in [4.69, 9.17) is 0 Å². The third-order valence-corrected chi connectivity index (χ3v) is 1.22. The molecule has 0 N–H and O–H groups in total. The normalized spacial score (nSPS) is 11.2. The standard InChI is InChI=1S/C10H14N/c1-10(2,3)11-9-7-5-4-6-8-9/h4-8H,1-3H3. The minimum atomic E-state index is 0.0291. The zero-order valence-corrected chi connectivity index (χ0v) is 7.33. The zero-order chi connectivity index (χ0) is 8.32. The molecule has 1 nitrogen and oxygen atoms in total. The maximum absolute atomic E-state index is 4.49. The van der Waals surface area contributed by atoms with Crippen molar-refractivity contribution in [3.8, 4) is 0 Å². The molecule has 59 valence electrons. The van der Waals surface area contributed by atoms with Crippen LogP contribution in [0.3, 0.4) is 0 Å². The van der Waals surface area contributed by atoms with E-state index in [0.717, 1.165) is 5.69 Å². The summed E-state index contributed by atoms with van der Waals surface area (Å²) < 4.78 is 0. The summed E-state index contributed by atoms with van der Waals surface area (Å²) in [7, 11) is 0. The fraction of sp³-hybridized carbons (Fsp3) is 0.400. The molecule has 0 spiro atoms. The molecule has 0 aliphatic carbocycles. The van der Waals surface area contributed by atoms with Crippen LogP contribution in [0.4, 0.5) is 5.69 Å². The Kier molecular flexibility index (Phi) is 2.18. The summed E-state index contributed by atoms with van der Waals surface area (Å²) in [6.45, 7) is 6.29. The van der Waals surface area contributed by atoms with Crippen molar-refractivity contribution in [2.45, 2.75) is 26.3 Å². The van der Waals surface area contributed by atoms with Crippen molar-refractivity contribution in [1.29, 1.82) is 0 Å². The first-order chi connectivity index (χ1) is 5.08. The fourth-order valence-corrected chi connectivity index (χ4v) is 0.890. The van der Waals surface area contributed by atoms with E-state index < -0.39 is 0 Å². The first-order valence-corrected chi connectivity index (χ1v) is 3.86. The van der Waals surface area contributed by atoms with Gasteiger partial charge in [-0.2, -0.15) is 0 Å². The van der Waals surface area contributed by atoms with Crippen molar-refractivity contribution in [2.24, 2.45) is 0 Å². The Bertz CT molecular complexity index is 208. The van der Waals surface area contributed by atoms with Crippen LogP contribution in [-0.2, 0) is 0 Å². The van der Waals surface area contributed by atoms with Crippen molar-refractivity contribution in [2.75, 3.05) is 0 Å². The molecule has 1 aromatic rings. The van der Waals surface area contributed by atoms with Gasteiger partial charge in [-0.15, -0.1) is 0 Å². The average Bonchev–Trinajstić information content (AvgIpc) is 1.85. The van der Waals surface area contributed by atoms with E-state index in [1.807, 2.05) is 30.3 Å². The molecule has 1 radical (unpaired) electrons. The van der Waals surface area contributed by atoms with Crippen LogP contribution >= 0.6 is 0 Å². The number of nitrogens with zero attached hydrogens (tertiary/aromatic N) is 1. The molecule has 0 aliphatic rings. The van der Waals surface area contributed by atoms with Gasteiger partial charge < -0.3 is 0 Å². The van der Waals surface area contributed by atoms with Crippen LogP contribution in [0.5, 0.6) is 0 Å². The van der Waals surface area contributed by atoms with Gasteiger partial charge in [0, 0.05) is 0 Å². The van der Waals surface area contributed by atoms with Crippen LogP contribution in [0.25, 0.3) is 0 Å². The molecule has 11 heavy (non-hydrogen) atoms. The molecule has 1 rings (SSSR count). The highest BCUT2D eigenvalue weighted by atomic mass is 14.9. The van der Waals surface area contributed by atoms with Crippen LogP contribution in [0.2, 0.25) is 0 Å². The fourth-order valence-electron chi connectivity index (χ4n) is 0.890. The Morgan fingerprint density at radius 1 is 1.00 bits per heavy atom. The van der Waals surface area contributed by atoms with E-state index in [-0.39, 0.29) is 5.54 Å². The second kappa shape index (κ2) is 2.95. The lowest BCUT2D eigenvalue weighted by Crippen LogP contribution is -2.24. The molecule has 0 bridgehead atoms. The van der Waals surface area contributed by atoms with E-state index in [2.05, 4.69) is 26.1 Å². The molecular weight excluding hydrogens is 134 g/mol. The van der Waals surface area contributed by atoms with Crippen molar-refractivity contribution >= 4 is 5.69 Å². The third-order valence-electron chi connectivity index (χ3n) is 1.22. The van der Waals surface area contributed by atoms with Gasteiger partial charge in [-0.25, -0.2) is 0 Å². The lowest BCUT2D eigenvalue weighted by atomic mass is 10.1. The van der Waals surface area contributed by atoms with Gasteiger partial charge >= 0.3 is 0 Å². The van der Waals surface area contributed by atoms with Gasteiger partial charge in [0.1, 0.15) is 0 Å². The van der Waals surface area contributed by atoms with Crippen molar-refractivity contribution in [3.05, 3.63) is 30.3 Å². The van der Waals surface area contributed by atoms with Gasteiger partial charge in [0.25, 0.3) is 0 Å². The van der Waals surface area contributed by atoms with E-state index in [1.165, 1.54) is 0 Å². The predicted molar refractivity (Wildman–Crippen MR) is 48.0 cm³/mol. The molecule has 0 aromatic heterocycles. The van der Waals surface area contributed by atoms with Gasteiger partial charge in [0.15, 0.2) is 0 Å². The highest BCUT2D eigenvalue weighted by molar-refractivity contribution is 5.35. The third kappa shape index (κ3) is 3.08. The Balaban J connectivity index is 2.66. The maximum atomic E-state index is 4.49. The summed E-state index contributed by atoms with van der Waals surface area (Å²) in [6, 6.07) is 10.0. The summed E-state index contributed by atoms with van der Waals surface area (Å²) in [6.07, 6.45) is 0. The second-order valence-corrected chi connectivity index (χ2v) is 3.62.